The fourth-order valence-electron chi connectivity index (χ4n) is 9.47. The fourth-order valence-corrected chi connectivity index (χ4v) is 9.78. The first-order chi connectivity index (χ1) is 14.9. The molecule has 11 atom stereocenters. The molecule has 0 aromatic heterocycles. The molecule has 0 heterocycles. The van der Waals surface area contributed by atoms with Crippen LogP contribution in [0.5, 0.6) is 0 Å². The van der Waals surface area contributed by atoms with Crippen molar-refractivity contribution >= 4 is 10.4 Å². The van der Waals surface area contributed by atoms with Crippen LogP contribution in [-0.2, 0) is 14.6 Å². The van der Waals surface area contributed by atoms with E-state index in [0.717, 1.165) is 51.4 Å². The Labute approximate surface area is 194 Å². The van der Waals surface area contributed by atoms with Crippen LogP contribution in [-0.4, -0.2) is 42.0 Å². The van der Waals surface area contributed by atoms with E-state index in [9.17, 15) is 18.6 Å². The zero-order valence-electron chi connectivity index (χ0n) is 20.2. The van der Waals surface area contributed by atoms with Gasteiger partial charge in [0.05, 0.1) is 18.8 Å². The Bertz CT molecular complexity index is 785. The van der Waals surface area contributed by atoms with Crippen molar-refractivity contribution in [1.82, 2.24) is 0 Å². The van der Waals surface area contributed by atoms with Gasteiger partial charge in [0.1, 0.15) is 0 Å². The lowest BCUT2D eigenvalue weighted by molar-refractivity contribution is -0.203. The van der Waals surface area contributed by atoms with Crippen molar-refractivity contribution in [3.05, 3.63) is 0 Å². The van der Waals surface area contributed by atoms with Crippen molar-refractivity contribution in [2.45, 2.75) is 97.7 Å². The van der Waals surface area contributed by atoms with E-state index >= 15 is 0 Å². The molecule has 4 aliphatic rings. The van der Waals surface area contributed by atoms with Crippen LogP contribution in [0, 0.1) is 52.3 Å². The minimum absolute atomic E-state index is 0.0198. The summed E-state index contributed by atoms with van der Waals surface area (Å²) in [5, 5.41) is 22.1. The summed E-state index contributed by atoms with van der Waals surface area (Å²) in [6.07, 6.45) is 8.38. The predicted octanol–water partition coefficient (Wildman–Crippen LogP) is 4.46. The van der Waals surface area contributed by atoms with E-state index in [1.165, 1.54) is 0 Å². The van der Waals surface area contributed by atoms with Gasteiger partial charge in [-0.25, -0.2) is 4.18 Å². The van der Waals surface area contributed by atoms with Crippen LogP contribution < -0.4 is 0 Å². The maximum atomic E-state index is 11.7. The Hall–Kier alpha value is -0.210. The summed E-state index contributed by atoms with van der Waals surface area (Å²) in [7, 11) is -4.39. The largest absolute Gasteiger partial charge is 0.397 e. The maximum Gasteiger partial charge on any atom is 0.397 e. The van der Waals surface area contributed by atoms with Crippen LogP contribution in [0.4, 0.5) is 0 Å². The van der Waals surface area contributed by atoms with Crippen molar-refractivity contribution < 1.29 is 27.4 Å². The van der Waals surface area contributed by atoms with E-state index in [2.05, 4.69) is 31.9 Å². The molecule has 186 valence electrons. The fraction of sp³-hybridized carbons (Fsp3) is 1.00. The van der Waals surface area contributed by atoms with Crippen LogP contribution in [0.2, 0.25) is 0 Å². The molecule has 0 aromatic carbocycles. The smallest absolute Gasteiger partial charge is 0.393 e. The number of fused-ring (bicyclic) bond motifs is 5. The Balaban J connectivity index is 1.56. The van der Waals surface area contributed by atoms with Crippen molar-refractivity contribution in [1.29, 1.82) is 0 Å². The molecule has 7 heteroatoms. The van der Waals surface area contributed by atoms with Gasteiger partial charge in [-0.05, 0) is 104 Å². The highest BCUT2D eigenvalue weighted by molar-refractivity contribution is 7.80. The molecule has 3 N–H and O–H groups in total. The molecule has 4 rings (SSSR count). The number of aliphatic hydroxyl groups is 2. The van der Waals surface area contributed by atoms with E-state index in [-0.39, 0.29) is 35.6 Å². The molecule has 32 heavy (non-hydrogen) atoms. The lowest BCUT2D eigenvalue weighted by Crippen LogP contribution is -2.62. The Kier molecular flexibility index (Phi) is 6.83. The normalized spacial score (nSPS) is 49.7. The third-order valence-electron chi connectivity index (χ3n) is 11.0. The van der Waals surface area contributed by atoms with E-state index in [1.807, 2.05) is 0 Å². The van der Waals surface area contributed by atoms with Gasteiger partial charge in [-0.3, -0.25) is 4.55 Å². The summed E-state index contributed by atoms with van der Waals surface area (Å²) in [4.78, 5) is 0. The zero-order chi connectivity index (χ0) is 23.5. The third kappa shape index (κ3) is 4.08. The summed E-state index contributed by atoms with van der Waals surface area (Å²) in [6.45, 7) is 9.28. The quantitative estimate of drug-likeness (QED) is 0.493. The van der Waals surface area contributed by atoms with Gasteiger partial charge in [-0.2, -0.15) is 8.42 Å². The first kappa shape index (κ1) is 24.9. The highest BCUT2D eigenvalue weighted by Gasteiger charge is 2.64. The summed E-state index contributed by atoms with van der Waals surface area (Å²) in [5.41, 5.74) is 0.355. The number of aliphatic hydroxyl groups excluding tert-OH is 2. The van der Waals surface area contributed by atoms with Crippen molar-refractivity contribution in [3.63, 3.8) is 0 Å². The van der Waals surface area contributed by atoms with Crippen molar-refractivity contribution in [2.24, 2.45) is 52.3 Å². The minimum atomic E-state index is -4.39. The van der Waals surface area contributed by atoms with Gasteiger partial charge in [0.25, 0.3) is 0 Å². The van der Waals surface area contributed by atoms with Gasteiger partial charge in [-0.1, -0.05) is 34.1 Å². The molecule has 6 nitrogen and oxygen atoms in total. The summed E-state index contributed by atoms with van der Waals surface area (Å²) >= 11 is 0. The van der Waals surface area contributed by atoms with Crippen LogP contribution in [0.3, 0.4) is 0 Å². The molecular formula is C25H44O6S. The van der Waals surface area contributed by atoms with Crippen LogP contribution in [0.25, 0.3) is 0 Å². The monoisotopic (exact) mass is 472 g/mol. The minimum Gasteiger partial charge on any atom is -0.393 e. The lowest BCUT2D eigenvalue weighted by atomic mass is 9.41. The second-order valence-electron chi connectivity index (χ2n) is 12.1. The standard InChI is InChI=1S/C25H44O6S/c1-5-17-21-14-16(26)8-11-25(21,4)20-9-12-24(3)18(6-7-19(24)22(20)23(17)27)15(2)10-13-31-32(28,29)30/h15-23,26-27H,5-14H2,1-4H3,(H,28,29,30)/t15?,16-,17-,18?,19?,20?,21+,22?,23-,24-,25-/m1/s1. The number of hydrogen-bond acceptors (Lipinski definition) is 5. The molecular weight excluding hydrogens is 428 g/mol. The van der Waals surface area contributed by atoms with E-state index in [0.29, 0.717) is 41.9 Å². The number of rotatable bonds is 6. The van der Waals surface area contributed by atoms with Gasteiger partial charge < -0.3 is 10.2 Å². The summed E-state index contributed by atoms with van der Waals surface area (Å²) in [6, 6.07) is 0. The Morgan fingerprint density at radius 1 is 1.00 bits per heavy atom. The van der Waals surface area contributed by atoms with Crippen molar-refractivity contribution in [2.75, 3.05) is 6.61 Å². The average Bonchev–Trinajstić information content (AvgIpc) is 3.06. The molecule has 5 unspecified atom stereocenters. The van der Waals surface area contributed by atoms with Crippen molar-refractivity contribution in [3.8, 4) is 0 Å². The van der Waals surface area contributed by atoms with Gasteiger partial charge in [0, 0.05) is 0 Å². The SMILES string of the molecule is CC[C@H]1[C@@H](O)C2C3CCC(C(C)CCOS(=O)(=O)O)[C@@]3(C)CCC2[C@@]2(C)CC[C@@H](O)C[C@@H]12. The molecule has 4 fully saturated rings. The predicted molar refractivity (Wildman–Crippen MR) is 123 cm³/mol. The van der Waals surface area contributed by atoms with Crippen LogP contribution in [0.1, 0.15) is 85.5 Å². The highest BCUT2D eigenvalue weighted by Crippen LogP contribution is 2.69. The molecule has 0 spiro atoms. The topological polar surface area (TPSA) is 104 Å². The van der Waals surface area contributed by atoms with E-state index < -0.39 is 10.4 Å². The summed E-state index contributed by atoms with van der Waals surface area (Å²) < 4.78 is 35.4. The Morgan fingerprint density at radius 2 is 1.66 bits per heavy atom. The van der Waals surface area contributed by atoms with Gasteiger partial charge in [0.15, 0.2) is 0 Å². The van der Waals surface area contributed by atoms with Gasteiger partial charge >= 0.3 is 10.4 Å². The zero-order valence-corrected chi connectivity index (χ0v) is 21.1. The first-order valence-corrected chi connectivity index (χ1v) is 14.3. The summed E-state index contributed by atoms with van der Waals surface area (Å²) in [5.74, 6) is 2.78. The molecule has 0 saturated heterocycles. The molecule has 4 saturated carbocycles. The van der Waals surface area contributed by atoms with Crippen LogP contribution in [0.15, 0.2) is 0 Å². The highest BCUT2D eigenvalue weighted by atomic mass is 32.3. The molecule has 4 aliphatic carbocycles. The molecule has 0 bridgehead atoms. The second-order valence-corrected chi connectivity index (χ2v) is 13.2. The van der Waals surface area contributed by atoms with Crippen LogP contribution >= 0.6 is 0 Å². The second kappa shape index (κ2) is 8.78. The Morgan fingerprint density at radius 3 is 2.31 bits per heavy atom. The molecule has 0 radical (unpaired) electrons. The molecule has 0 amide bonds. The molecule has 0 aliphatic heterocycles. The van der Waals surface area contributed by atoms with Gasteiger partial charge in [-0.15, -0.1) is 0 Å². The first-order valence-electron chi connectivity index (χ1n) is 12.9. The average molecular weight is 473 g/mol. The van der Waals surface area contributed by atoms with Gasteiger partial charge in [0.2, 0.25) is 0 Å². The maximum absolute atomic E-state index is 11.7. The van der Waals surface area contributed by atoms with E-state index in [4.69, 9.17) is 4.55 Å². The lowest BCUT2D eigenvalue weighted by Gasteiger charge is -2.64. The molecule has 0 aromatic rings. The van der Waals surface area contributed by atoms with E-state index in [1.54, 1.807) is 0 Å². The third-order valence-corrected chi connectivity index (χ3v) is 11.4. The number of hydrogen-bond donors (Lipinski definition) is 3.